The van der Waals surface area contributed by atoms with Gasteiger partial charge in [-0.1, -0.05) is 17.7 Å². The minimum absolute atomic E-state index is 0.0478. The molecular weight excluding hydrogens is 553 g/mol. The lowest BCUT2D eigenvalue weighted by Gasteiger charge is -2.34. The van der Waals surface area contributed by atoms with E-state index in [1.54, 1.807) is 17.9 Å². The van der Waals surface area contributed by atoms with Crippen molar-refractivity contribution in [2.45, 2.75) is 26.2 Å². The van der Waals surface area contributed by atoms with Crippen molar-refractivity contribution in [3.63, 3.8) is 0 Å². The molecule has 0 bridgehead atoms. The van der Waals surface area contributed by atoms with Crippen LogP contribution < -0.4 is 4.90 Å². The van der Waals surface area contributed by atoms with E-state index in [1.165, 1.54) is 17.0 Å². The maximum Gasteiger partial charge on any atom is 0.416 e. The van der Waals surface area contributed by atoms with Gasteiger partial charge in [-0.15, -0.1) is 0 Å². The second kappa shape index (κ2) is 11.0. The second-order valence-corrected chi connectivity index (χ2v) is 11.3. The number of rotatable bonds is 6. The molecule has 2 fully saturated rings. The molecule has 3 amide bonds. The highest BCUT2D eigenvalue weighted by Crippen LogP contribution is 2.35. The van der Waals surface area contributed by atoms with E-state index in [-0.39, 0.29) is 40.7 Å². The van der Waals surface area contributed by atoms with Gasteiger partial charge in [-0.25, -0.2) is 0 Å². The Bertz CT molecular complexity index is 1360. The first kappa shape index (κ1) is 27.7. The predicted molar refractivity (Wildman–Crippen MR) is 142 cm³/mol. The highest BCUT2D eigenvalue weighted by molar-refractivity contribution is 8.18. The SMILES string of the molecule is CC(=O)N1CCN(CCN2C(=O)S/C(=C\c3ccc4c(c3)C[NH+]4Cc3ccc(Cl)cc3C(F)(F)F)C2=O)CC1. The third kappa shape index (κ3) is 6.01. The molecule has 3 aliphatic heterocycles. The maximum absolute atomic E-state index is 13.5. The number of halogens is 4. The Morgan fingerprint density at radius 2 is 1.82 bits per heavy atom. The number of fused-ring (bicyclic) bond motifs is 1. The number of thioether (sulfide) groups is 1. The van der Waals surface area contributed by atoms with Crippen molar-refractivity contribution in [2.24, 2.45) is 0 Å². The third-order valence-corrected chi connectivity index (χ3v) is 8.47. The van der Waals surface area contributed by atoms with E-state index in [0.717, 1.165) is 39.5 Å². The number of alkyl halides is 3. The first-order valence-electron chi connectivity index (χ1n) is 12.6. The summed E-state index contributed by atoms with van der Waals surface area (Å²) in [7, 11) is 0. The van der Waals surface area contributed by atoms with Crippen LogP contribution in [-0.4, -0.2) is 71.0 Å². The van der Waals surface area contributed by atoms with E-state index in [1.807, 2.05) is 18.2 Å². The lowest BCUT2D eigenvalue weighted by Crippen LogP contribution is -3.09. The summed E-state index contributed by atoms with van der Waals surface area (Å²) in [6.45, 7) is 5.80. The molecular formula is C27H27ClF3N4O3S+. The van der Waals surface area contributed by atoms with Crippen molar-refractivity contribution in [1.29, 1.82) is 0 Å². The van der Waals surface area contributed by atoms with Crippen LogP contribution in [0.4, 0.5) is 23.7 Å². The van der Waals surface area contributed by atoms with Gasteiger partial charge < -0.3 is 4.90 Å². The first-order chi connectivity index (χ1) is 18.5. The molecule has 206 valence electrons. The average Bonchev–Trinajstić information content (AvgIpc) is 3.13. The van der Waals surface area contributed by atoms with E-state index in [9.17, 15) is 27.6 Å². The Labute approximate surface area is 233 Å². The molecule has 7 nitrogen and oxygen atoms in total. The fourth-order valence-electron chi connectivity index (χ4n) is 5.14. The average molecular weight is 580 g/mol. The molecule has 3 heterocycles. The quantitative estimate of drug-likeness (QED) is 0.528. The van der Waals surface area contributed by atoms with Crippen molar-refractivity contribution in [1.82, 2.24) is 14.7 Å². The standard InChI is InChI=1S/C27H26ClF3N4O3S/c1-17(36)33-9-6-32(7-10-33)8-11-35-25(37)24(39-26(35)38)13-18-2-5-23-20(12-18)16-34(23)15-19-3-4-21(28)14-22(19)27(29,30)31/h2-5,12-14H,6-11,15-16H2,1H3/p+1/b24-13-. The smallest absolute Gasteiger partial charge is 0.340 e. The molecule has 2 aromatic carbocycles. The summed E-state index contributed by atoms with van der Waals surface area (Å²) in [4.78, 5) is 43.4. The number of carbonyl (C=O) groups is 3. The van der Waals surface area contributed by atoms with Gasteiger partial charge in [-0.2, -0.15) is 13.2 Å². The number of benzene rings is 2. The third-order valence-electron chi connectivity index (χ3n) is 7.32. The van der Waals surface area contributed by atoms with Crippen LogP contribution in [0.3, 0.4) is 0 Å². The summed E-state index contributed by atoms with van der Waals surface area (Å²) >= 11 is 6.70. The Morgan fingerprint density at radius 1 is 1.08 bits per heavy atom. The topological polar surface area (TPSA) is 65.4 Å². The fraction of sp³-hybridized carbons (Fsp3) is 0.370. The van der Waals surface area contributed by atoms with Crippen molar-refractivity contribution < 1.29 is 32.5 Å². The van der Waals surface area contributed by atoms with E-state index in [0.29, 0.717) is 44.2 Å². The molecule has 0 spiro atoms. The van der Waals surface area contributed by atoms with Crippen LogP contribution in [0.25, 0.3) is 6.08 Å². The number of amides is 3. The maximum atomic E-state index is 13.5. The zero-order valence-electron chi connectivity index (χ0n) is 21.2. The van der Waals surface area contributed by atoms with Crippen molar-refractivity contribution in [2.75, 3.05) is 39.3 Å². The Morgan fingerprint density at radius 3 is 2.49 bits per heavy atom. The number of piperazine rings is 1. The predicted octanol–water partition coefficient (Wildman–Crippen LogP) is 3.79. The van der Waals surface area contributed by atoms with Crippen molar-refractivity contribution >= 4 is 52.2 Å². The number of nitrogens with zero attached hydrogens (tertiary/aromatic N) is 3. The molecule has 0 aromatic heterocycles. The highest BCUT2D eigenvalue weighted by Gasteiger charge is 2.38. The number of imide groups is 1. The second-order valence-electron chi connectivity index (χ2n) is 9.85. The van der Waals surface area contributed by atoms with Crippen LogP contribution in [0.5, 0.6) is 0 Å². The molecule has 39 heavy (non-hydrogen) atoms. The zero-order valence-corrected chi connectivity index (χ0v) is 22.8. The number of nitrogens with one attached hydrogen (secondary N) is 1. The van der Waals surface area contributed by atoms with Gasteiger partial charge in [0.25, 0.3) is 11.1 Å². The fourth-order valence-corrected chi connectivity index (χ4v) is 6.18. The molecule has 2 saturated heterocycles. The number of hydrogen-bond donors (Lipinski definition) is 1. The first-order valence-corrected chi connectivity index (χ1v) is 13.8. The molecule has 12 heteroatoms. The van der Waals surface area contributed by atoms with Gasteiger partial charge in [-0.3, -0.25) is 29.1 Å². The van der Waals surface area contributed by atoms with Crippen molar-refractivity contribution in [3.8, 4) is 0 Å². The molecule has 2 aromatic rings. The molecule has 0 aliphatic carbocycles. The van der Waals surface area contributed by atoms with Gasteiger partial charge in [0, 0.05) is 62.8 Å². The van der Waals surface area contributed by atoms with Crippen LogP contribution in [0, 0.1) is 0 Å². The number of quaternary nitrogens is 1. The largest absolute Gasteiger partial charge is 0.416 e. The zero-order chi connectivity index (χ0) is 27.9. The minimum Gasteiger partial charge on any atom is -0.340 e. The van der Waals surface area contributed by atoms with Gasteiger partial charge >= 0.3 is 6.18 Å². The summed E-state index contributed by atoms with van der Waals surface area (Å²) in [5.74, 6) is -0.280. The normalized spacial score (nSPS) is 20.9. The van der Waals surface area contributed by atoms with Crippen LogP contribution in [0.1, 0.15) is 29.2 Å². The monoisotopic (exact) mass is 579 g/mol. The van der Waals surface area contributed by atoms with Gasteiger partial charge in [0.05, 0.1) is 16.0 Å². The molecule has 1 atom stereocenters. The van der Waals surface area contributed by atoms with Gasteiger partial charge in [0.1, 0.15) is 18.8 Å². The molecule has 0 radical (unpaired) electrons. The Hall–Kier alpha value is -2.86. The lowest BCUT2D eigenvalue weighted by atomic mass is 9.98. The van der Waals surface area contributed by atoms with Crippen LogP contribution in [0.15, 0.2) is 41.3 Å². The summed E-state index contributed by atoms with van der Waals surface area (Å²) in [6.07, 6.45) is -2.79. The van der Waals surface area contributed by atoms with Crippen LogP contribution in [-0.2, 0) is 28.9 Å². The van der Waals surface area contributed by atoms with E-state index >= 15 is 0 Å². The van der Waals surface area contributed by atoms with Gasteiger partial charge in [-0.05, 0) is 47.7 Å². The number of carbonyl (C=O) groups excluding carboxylic acids is 3. The molecule has 3 aliphatic rings. The Balaban J connectivity index is 1.20. The van der Waals surface area contributed by atoms with E-state index < -0.39 is 11.7 Å². The summed E-state index contributed by atoms with van der Waals surface area (Å²) in [5.41, 5.74) is 2.13. The summed E-state index contributed by atoms with van der Waals surface area (Å²) in [5, 5.41) is -0.261. The molecule has 0 saturated carbocycles. The molecule has 5 rings (SSSR count). The lowest BCUT2D eigenvalue weighted by molar-refractivity contribution is -0.883. The highest BCUT2D eigenvalue weighted by atomic mass is 35.5. The summed E-state index contributed by atoms with van der Waals surface area (Å²) in [6, 6.07) is 9.43. The molecule has 1 N–H and O–H groups in total. The summed E-state index contributed by atoms with van der Waals surface area (Å²) < 4.78 is 40.4. The van der Waals surface area contributed by atoms with E-state index in [2.05, 4.69) is 4.90 Å². The van der Waals surface area contributed by atoms with E-state index in [4.69, 9.17) is 11.6 Å². The van der Waals surface area contributed by atoms with Gasteiger partial charge in [0.2, 0.25) is 5.91 Å². The molecule has 1 unspecified atom stereocenters. The number of hydrogen-bond acceptors (Lipinski definition) is 5. The Kier molecular flexibility index (Phi) is 7.78. The van der Waals surface area contributed by atoms with Crippen LogP contribution >= 0.6 is 23.4 Å². The minimum atomic E-state index is -4.48. The van der Waals surface area contributed by atoms with Crippen LogP contribution in [0.2, 0.25) is 5.02 Å². The van der Waals surface area contributed by atoms with Gasteiger partial charge in [0.15, 0.2) is 0 Å². The van der Waals surface area contributed by atoms with Crippen molar-refractivity contribution in [3.05, 3.63) is 68.6 Å².